The number of hydrogen-bond donors (Lipinski definition) is 6. The third-order valence-electron chi connectivity index (χ3n) is 11.5. The highest BCUT2D eigenvalue weighted by Crippen LogP contribution is 2.68. The molecule has 0 heterocycles. The zero-order valence-corrected chi connectivity index (χ0v) is 23.2. The summed E-state index contributed by atoms with van der Waals surface area (Å²) in [6.45, 7) is 8.30. The Morgan fingerprint density at radius 3 is 2.41 bits per heavy atom. The Morgan fingerprint density at radius 2 is 1.68 bits per heavy atom. The summed E-state index contributed by atoms with van der Waals surface area (Å²) in [6, 6.07) is 0. The van der Waals surface area contributed by atoms with Crippen LogP contribution in [0.5, 0.6) is 0 Å². The lowest BCUT2D eigenvalue weighted by atomic mass is 9.43. The van der Waals surface area contributed by atoms with E-state index in [1.54, 1.807) is 0 Å². The Balaban J connectivity index is 1.33. The average Bonchev–Trinajstić information content (AvgIpc) is 3.21. The van der Waals surface area contributed by atoms with E-state index in [1.807, 2.05) is 0 Å². The number of aliphatic hydroxyl groups is 3. The van der Waals surface area contributed by atoms with Crippen molar-refractivity contribution in [2.45, 2.75) is 110 Å². The van der Waals surface area contributed by atoms with Crippen LogP contribution < -0.4 is 16.8 Å². The first-order valence-corrected chi connectivity index (χ1v) is 14.8. The minimum atomic E-state index is -0.747. The monoisotopic (exact) mass is 520 g/mol. The number of unbranched alkanes of at least 4 members (excludes halogenated alkanes) is 1. The number of rotatable bonds is 9. The Bertz CT molecular complexity index is 835. The second kappa shape index (κ2) is 11.4. The first kappa shape index (κ1) is 28.6. The SMILES string of the molecule is C[C@@H](CCC(=O)NCCCCN=C(N)N)[C@@H]1CC[C@@H]2[C@H]3[C@H](O)[C@H](O)[C@H]4C[C@@H](O)CC[C@@]4(C)[C@@H]3CC[C@]21C. The molecular formula is C29H52N4O4. The van der Waals surface area contributed by atoms with Crippen LogP contribution in [-0.4, -0.2) is 58.6 Å². The molecule has 0 saturated heterocycles. The summed E-state index contributed by atoms with van der Waals surface area (Å²) in [4.78, 5) is 16.4. The standard InChI is InChI=1S/C29H52N4O4/c1-17(6-9-23(35)32-14-4-5-15-33-27(30)31)19-7-8-20-24-21(11-13-28(19,20)2)29(3)12-10-18(34)16-22(29)25(36)26(24)37/h17-22,24-26,34,36-37H,4-16H2,1-3H3,(H,32,35)(H4,30,31,33)/t17-,18-,19-,20+,21+,22+,24+,25+,26-,28-,29-/m0/s1. The molecule has 212 valence electrons. The summed E-state index contributed by atoms with van der Waals surface area (Å²) < 4.78 is 0. The van der Waals surface area contributed by atoms with Gasteiger partial charge in [0.2, 0.25) is 5.91 Å². The quantitative estimate of drug-likeness (QED) is 0.156. The van der Waals surface area contributed by atoms with Gasteiger partial charge < -0.3 is 32.1 Å². The van der Waals surface area contributed by atoms with Crippen molar-refractivity contribution in [2.75, 3.05) is 13.1 Å². The third-order valence-corrected chi connectivity index (χ3v) is 11.5. The number of aliphatic hydroxyl groups excluding tert-OH is 3. The molecule has 4 aliphatic rings. The predicted molar refractivity (Wildman–Crippen MR) is 145 cm³/mol. The molecule has 0 unspecified atom stereocenters. The van der Waals surface area contributed by atoms with Crippen LogP contribution in [0.4, 0.5) is 0 Å². The molecule has 0 aliphatic heterocycles. The highest BCUT2D eigenvalue weighted by atomic mass is 16.3. The molecule has 4 saturated carbocycles. The van der Waals surface area contributed by atoms with Gasteiger partial charge in [-0.15, -0.1) is 0 Å². The molecule has 8 heteroatoms. The van der Waals surface area contributed by atoms with Crippen molar-refractivity contribution >= 4 is 11.9 Å². The topological polar surface area (TPSA) is 154 Å². The second-order valence-corrected chi connectivity index (χ2v) is 13.4. The number of nitrogens with one attached hydrogen (secondary N) is 1. The minimum Gasteiger partial charge on any atom is -0.393 e. The van der Waals surface area contributed by atoms with E-state index in [0.717, 1.165) is 57.8 Å². The van der Waals surface area contributed by atoms with Gasteiger partial charge in [0.1, 0.15) is 0 Å². The first-order valence-electron chi connectivity index (χ1n) is 14.8. The molecule has 37 heavy (non-hydrogen) atoms. The molecule has 8 N–H and O–H groups in total. The molecule has 0 aromatic heterocycles. The van der Waals surface area contributed by atoms with Crippen molar-refractivity contribution in [3.63, 3.8) is 0 Å². The largest absolute Gasteiger partial charge is 0.393 e. The van der Waals surface area contributed by atoms with Crippen LogP contribution in [-0.2, 0) is 4.79 Å². The summed E-state index contributed by atoms with van der Waals surface area (Å²) in [7, 11) is 0. The number of aliphatic imine (C=N–C) groups is 1. The molecule has 0 bridgehead atoms. The van der Waals surface area contributed by atoms with Gasteiger partial charge in [-0.05, 0) is 111 Å². The molecule has 0 radical (unpaired) electrons. The van der Waals surface area contributed by atoms with E-state index in [9.17, 15) is 20.1 Å². The van der Waals surface area contributed by atoms with Gasteiger partial charge >= 0.3 is 0 Å². The van der Waals surface area contributed by atoms with Gasteiger partial charge in [-0.3, -0.25) is 9.79 Å². The Labute approximate surface area is 223 Å². The molecule has 4 aliphatic carbocycles. The van der Waals surface area contributed by atoms with Crippen molar-refractivity contribution in [3.8, 4) is 0 Å². The van der Waals surface area contributed by atoms with Crippen molar-refractivity contribution in [1.29, 1.82) is 0 Å². The smallest absolute Gasteiger partial charge is 0.220 e. The maximum absolute atomic E-state index is 12.5. The van der Waals surface area contributed by atoms with Crippen LogP contribution >= 0.6 is 0 Å². The van der Waals surface area contributed by atoms with Crippen molar-refractivity contribution in [3.05, 3.63) is 0 Å². The van der Waals surface area contributed by atoms with Crippen molar-refractivity contribution < 1.29 is 20.1 Å². The fourth-order valence-electron chi connectivity index (χ4n) is 9.54. The normalized spacial score (nSPS) is 43.7. The number of guanidine groups is 1. The van der Waals surface area contributed by atoms with E-state index in [4.69, 9.17) is 11.5 Å². The molecule has 0 aromatic rings. The number of carbonyl (C=O) groups is 1. The van der Waals surface area contributed by atoms with Crippen molar-refractivity contribution in [2.24, 2.45) is 62.8 Å². The third kappa shape index (κ3) is 5.53. The van der Waals surface area contributed by atoms with E-state index in [2.05, 4.69) is 31.1 Å². The molecule has 0 spiro atoms. The fraction of sp³-hybridized carbons (Fsp3) is 0.931. The van der Waals surface area contributed by atoms with Gasteiger partial charge in [0.05, 0.1) is 18.3 Å². The lowest BCUT2D eigenvalue weighted by Gasteiger charge is -2.63. The van der Waals surface area contributed by atoms with E-state index in [-0.39, 0.29) is 40.6 Å². The van der Waals surface area contributed by atoms with Gasteiger partial charge in [-0.25, -0.2) is 0 Å². The summed E-state index contributed by atoms with van der Waals surface area (Å²) in [5, 5.41) is 36.0. The number of fused-ring (bicyclic) bond motifs is 5. The maximum Gasteiger partial charge on any atom is 0.220 e. The Morgan fingerprint density at radius 1 is 0.973 bits per heavy atom. The van der Waals surface area contributed by atoms with E-state index < -0.39 is 12.2 Å². The van der Waals surface area contributed by atoms with Gasteiger partial charge in [0.15, 0.2) is 5.96 Å². The maximum atomic E-state index is 12.5. The Kier molecular flexibility index (Phi) is 8.81. The zero-order chi connectivity index (χ0) is 27.0. The number of hydrogen-bond acceptors (Lipinski definition) is 5. The van der Waals surface area contributed by atoms with Crippen LogP contribution in [0.25, 0.3) is 0 Å². The van der Waals surface area contributed by atoms with Crippen LogP contribution in [0.1, 0.15) is 91.4 Å². The van der Waals surface area contributed by atoms with Crippen LogP contribution in [0.15, 0.2) is 4.99 Å². The molecule has 0 aromatic carbocycles. The second-order valence-electron chi connectivity index (χ2n) is 13.4. The van der Waals surface area contributed by atoms with E-state index >= 15 is 0 Å². The fourth-order valence-corrected chi connectivity index (χ4v) is 9.54. The highest BCUT2D eigenvalue weighted by molar-refractivity contribution is 5.76. The molecule has 1 amide bonds. The van der Waals surface area contributed by atoms with Gasteiger partial charge in [-0.2, -0.15) is 0 Å². The summed E-state index contributed by atoms with van der Waals surface area (Å²) in [5.41, 5.74) is 10.8. The molecule has 4 rings (SSSR count). The van der Waals surface area contributed by atoms with Gasteiger partial charge in [0, 0.05) is 19.5 Å². The van der Waals surface area contributed by atoms with Gasteiger partial charge in [-0.1, -0.05) is 20.8 Å². The van der Waals surface area contributed by atoms with E-state index in [1.165, 1.54) is 0 Å². The average molecular weight is 521 g/mol. The molecular weight excluding hydrogens is 468 g/mol. The molecule has 11 atom stereocenters. The Hall–Kier alpha value is -1.38. The number of amides is 1. The van der Waals surface area contributed by atoms with Crippen LogP contribution in [0.3, 0.4) is 0 Å². The first-order chi connectivity index (χ1) is 17.5. The number of carbonyl (C=O) groups excluding carboxylic acids is 1. The predicted octanol–water partition coefficient (Wildman–Crippen LogP) is 2.53. The number of nitrogens with two attached hydrogens (primary N) is 2. The lowest BCUT2D eigenvalue weighted by Crippen LogP contribution is -2.64. The summed E-state index contributed by atoms with van der Waals surface area (Å²) in [6.07, 6.45) is 8.16. The lowest BCUT2D eigenvalue weighted by molar-refractivity contribution is -0.223. The highest BCUT2D eigenvalue weighted by Gasteiger charge is 2.65. The molecule has 8 nitrogen and oxygen atoms in total. The molecule has 4 fully saturated rings. The van der Waals surface area contributed by atoms with Crippen molar-refractivity contribution in [1.82, 2.24) is 5.32 Å². The van der Waals surface area contributed by atoms with Gasteiger partial charge in [0.25, 0.3) is 0 Å². The minimum absolute atomic E-state index is 0.00502. The summed E-state index contributed by atoms with van der Waals surface area (Å²) in [5.74, 6) is 2.13. The van der Waals surface area contributed by atoms with E-state index in [0.29, 0.717) is 49.6 Å². The summed E-state index contributed by atoms with van der Waals surface area (Å²) >= 11 is 0. The zero-order valence-electron chi connectivity index (χ0n) is 23.2. The number of nitrogens with zero attached hydrogens (tertiary/aromatic N) is 1. The van der Waals surface area contributed by atoms with Crippen LogP contribution in [0, 0.1) is 46.3 Å². The van der Waals surface area contributed by atoms with Crippen LogP contribution in [0.2, 0.25) is 0 Å².